The van der Waals surface area contributed by atoms with Crippen molar-refractivity contribution in [1.82, 2.24) is 19.7 Å². The number of carbonyl (C=O) groups is 1. The van der Waals surface area contributed by atoms with Crippen LogP contribution in [0.25, 0.3) is 10.6 Å². The largest absolute Gasteiger partial charge is 0.384 e. The first-order valence-corrected chi connectivity index (χ1v) is 11.2. The molecule has 5 rings (SSSR count). The number of nitrogen functional groups attached to an aromatic ring is 1. The minimum atomic E-state index is -0.312. The third-order valence-corrected chi connectivity index (χ3v) is 7.31. The van der Waals surface area contributed by atoms with Crippen LogP contribution in [-0.4, -0.2) is 45.3 Å². The van der Waals surface area contributed by atoms with E-state index < -0.39 is 0 Å². The van der Waals surface area contributed by atoms with Gasteiger partial charge in [0.15, 0.2) is 0 Å². The highest BCUT2D eigenvalue weighted by atomic mass is 32.1. The summed E-state index contributed by atoms with van der Waals surface area (Å²) in [6.07, 6.45) is 6.01. The summed E-state index contributed by atoms with van der Waals surface area (Å²) in [6.45, 7) is 4.84. The van der Waals surface area contributed by atoms with E-state index in [0.717, 1.165) is 36.4 Å². The van der Waals surface area contributed by atoms with Gasteiger partial charge in [0.25, 0.3) is 5.91 Å². The van der Waals surface area contributed by atoms with Crippen molar-refractivity contribution in [3.05, 3.63) is 52.7 Å². The summed E-state index contributed by atoms with van der Waals surface area (Å²) in [6, 6.07) is 7.97. The van der Waals surface area contributed by atoms with Gasteiger partial charge in [-0.05, 0) is 43.5 Å². The second-order valence-electron chi connectivity index (χ2n) is 7.86. The SMILES string of the molecule is CCn1cc(C(=O)N2CCC3(CC2)OCCc2sc(-c4cccc(N)n4)cc23)cn1. The Balaban J connectivity index is 1.37. The normalized spacial score (nSPS) is 17.8. The maximum absolute atomic E-state index is 12.9. The number of amides is 1. The lowest BCUT2D eigenvalue weighted by atomic mass is 9.82. The predicted octanol–water partition coefficient (Wildman–Crippen LogP) is 3.31. The van der Waals surface area contributed by atoms with Crippen molar-refractivity contribution in [2.24, 2.45) is 0 Å². The first kappa shape index (κ1) is 19.3. The molecule has 1 fully saturated rings. The number of piperidine rings is 1. The van der Waals surface area contributed by atoms with Gasteiger partial charge in [0.05, 0.1) is 34.5 Å². The Bertz CT molecular complexity index is 1080. The van der Waals surface area contributed by atoms with Crippen molar-refractivity contribution in [1.29, 1.82) is 0 Å². The third kappa shape index (κ3) is 3.30. The Morgan fingerprint density at radius 3 is 2.90 bits per heavy atom. The molecule has 0 aliphatic carbocycles. The van der Waals surface area contributed by atoms with Gasteiger partial charge in [0.1, 0.15) is 5.82 Å². The molecule has 30 heavy (non-hydrogen) atoms. The number of carbonyl (C=O) groups excluding carboxylic acids is 1. The standard InChI is InChI=1S/C22H25N5O2S/c1-2-27-14-15(13-24-27)21(28)26-9-7-22(8-10-26)16-12-19(30-18(16)6-11-29-22)17-4-3-5-20(23)25-17/h3-5,12-14H,2,6-11H2,1H3,(H2,23,25). The number of rotatable bonds is 3. The smallest absolute Gasteiger partial charge is 0.257 e. The fourth-order valence-corrected chi connectivity index (χ4v) is 5.65. The van der Waals surface area contributed by atoms with Crippen molar-refractivity contribution >= 4 is 23.1 Å². The number of hydrogen-bond donors (Lipinski definition) is 1. The third-order valence-electron chi connectivity index (χ3n) is 6.09. The van der Waals surface area contributed by atoms with Crippen molar-refractivity contribution in [2.45, 2.75) is 38.3 Å². The minimum absolute atomic E-state index is 0.0514. The monoisotopic (exact) mass is 423 g/mol. The summed E-state index contributed by atoms with van der Waals surface area (Å²) in [4.78, 5) is 21.8. The lowest BCUT2D eigenvalue weighted by Gasteiger charge is -2.44. The fraction of sp³-hybridized carbons (Fsp3) is 0.409. The van der Waals surface area contributed by atoms with Gasteiger partial charge >= 0.3 is 0 Å². The molecule has 7 nitrogen and oxygen atoms in total. The van der Waals surface area contributed by atoms with Gasteiger partial charge in [0.2, 0.25) is 0 Å². The van der Waals surface area contributed by atoms with Crippen LogP contribution in [-0.2, 0) is 23.3 Å². The molecule has 1 saturated heterocycles. The zero-order valence-corrected chi connectivity index (χ0v) is 17.8. The van der Waals surface area contributed by atoms with Crippen molar-refractivity contribution in [2.75, 3.05) is 25.4 Å². The van der Waals surface area contributed by atoms with Crippen molar-refractivity contribution in [3.63, 3.8) is 0 Å². The van der Waals surface area contributed by atoms with Gasteiger partial charge in [-0.25, -0.2) is 4.98 Å². The summed E-state index contributed by atoms with van der Waals surface area (Å²) in [5, 5.41) is 4.23. The van der Waals surface area contributed by atoms with E-state index in [1.54, 1.807) is 28.3 Å². The number of pyridine rings is 1. The van der Waals surface area contributed by atoms with Gasteiger partial charge in [-0.1, -0.05) is 6.07 Å². The number of nitrogens with zero attached hydrogens (tertiary/aromatic N) is 4. The molecular formula is C22H25N5O2S. The highest BCUT2D eigenvalue weighted by Crippen LogP contribution is 2.46. The first-order chi connectivity index (χ1) is 14.6. The van der Waals surface area contributed by atoms with E-state index in [4.69, 9.17) is 10.5 Å². The summed E-state index contributed by atoms with van der Waals surface area (Å²) < 4.78 is 8.15. The number of likely N-dealkylation sites (tertiary alicyclic amines) is 1. The molecule has 0 radical (unpaired) electrons. The van der Waals surface area contributed by atoms with E-state index >= 15 is 0 Å². The zero-order valence-electron chi connectivity index (χ0n) is 17.0. The van der Waals surface area contributed by atoms with E-state index in [0.29, 0.717) is 31.1 Å². The van der Waals surface area contributed by atoms with Crippen LogP contribution in [0.5, 0.6) is 0 Å². The lowest BCUT2D eigenvalue weighted by Crippen LogP contribution is -2.48. The number of ether oxygens (including phenoxy) is 1. The van der Waals surface area contributed by atoms with Crippen LogP contribution < -0.4 is 5.73 Å². The molecule has 1 amide bonds. The molecule has 156 valence electrons. The van der Waals surface area contributed by atoms with Crippen LogP contribution in [0.15, 0.2) is 36.7 Å². The Morgan fingerprint density at radius 2 is 2.17 bits per heavy atom. The number of aryl methyl sites for hydroxylation is 1. The Labute approximate surface area is 179 Å². The van der Waals surface area contributed by atoms with Crippen molar-refractivity contribution < 1.29 is 9.53 Å². The molecule has 8 heteroatoms. The lowest BCUT2D eigenvalue weighted by molar-refractivity contribution is -0.0926. The Morgan fingerprint density at radius 1 is 1.33 bits per heavy atom. The molecule has 3 aromatic rings. The van der Waals surface area contributed by atoms with Crippen LogP contribution in [0, 0.1) is 0 Å². The molecule has 0 bridgehead atoms. The number of aromatic nitrogens is 3. The molecule has 1 spiro atoms. The zero-order chi connectivity index (χ0) is 20.7. The first-order valence-electron chi connectivity index (χ1n) is 10.4. The maximum atomic E-state index is 12.9. The topological polar surface area (TPSA) is 86.3 Å². The number of fused-ring (bicyclic) bond motifs is 2. The minimum Gasteiger partial charge on any atom is -0.384 e. The quantitative estimate of drug-likeness (QED) is 0.698. The Kier molecular flexibility index (Phi) is 4.83. The highest BCUT2D eigenvalue weighted by molar-refractivity contribution is 7.15. The van der Waals surface area contributed by atoms with Crippen LogP contribution in [0.2, 0.25) is 0 Å². The van der Waals surface area contributed by atoms with Gasteiger partial charge < -0.3 is 15.4 Å². The van der Waals surface area contributed by atoms with Gasteiger partial charge in [-0.2, -0.15) is 5.10 Å². The predicted molar refractivity (Wildman–Crippen MR) is 116 cm³/mol. The van der Waals surface area contributed by atoms with Crippen molar-refractivity contribution in [3.8, 4) is 10.6 Å². The second kappa shape index (κ2) is 7.52. The molecule has 2 N–H and O–H groups in total. The van der Waals surface area contributed by atoms with E-state index in [2.05, 4.69) is 16.1 Å². The average Bonchev–Trinajstić information content (AvgIpc) is 3.42. The van der Waals surface area contributed by atoms with Gasteiger partial charge in [0, 0.05) is 37.1 Å². The van der Waals surface area contributed by atoms with Crippen LogP contribution >= 0.6 is 11.3 Å². The molecule has 0 saturated carbocycles. The molecular weight excluding hydrogens is 398 g/mol. The van der Waals surface area contributed by atoms with Crippen LogP contribution in [0.3, 0.4) is 0 Å². The number of thiophene rings is 1. The van der Waals surface area contributed by atoms with E-state index in [9.17, 15) is 4.79 Å². The molecule has 5 heterocycles. The molecule has 2 aliphatic rings. The van der Waals surface area contributed by atoms with Gasteiger partial charge in [-0.15, -0.1) is 11.3 Å². The number of nitrogens with two attached hydrogens (primary N) is 1. The van der Waals surface area contributed by atoms with E-state index in [-0.39, 0.29) is 11.5 Å². The fourth-order valence-electron chi connectivity index (χ4n) is 4.45. The maximum Gasteiger partial charge on any atom is 0.257 e. The highest BCUT2D eigenvalue weighted by Gasteiger charge is 2.43. The number of anilines is 1. The van der Waals surface area contributed by atoms with Gasteiger partial charge in [-0.3, -0.25) is 9.48 Å². The van der Waals surface area contributed by atoms with Crippen LogP contribution in [0.1, 0.15) is 40.6 Å². The molecule has 2 aliphatic heterocycles. The van der Waals surface area contributed by atoms with E-state index in [1.807, 2.05) is 30.2 Å². The molecule has 0 unspecified atom stereocenters. The summed E-state index contributed by atoms with van der Waals surface area (Å²) in [5.74, 6) is 0.582. The summed E-state index contributed by atoms with van der Waals surface area (Å²) in [7, 11) is 0. The molecule has 0 aromatic carbocycles. The Hall–Kier alpha value is -2.71. The molecule has 3 aromatic heterocycles. The summed E-state index contributed by atoms with van der Waals surface area (Å²) >= 11 is 1.78. The average molecular weight is 424 g/mol. The number of hydrogen-bond acceptors (Lipinski definition) is 6. The van der Waals surface area contributed by atoms with E-state index in [1.165, 1.54) is 10.4 Å². The summed E-state index contributed by atoms with van der Waals surface area (Å²) in [5.41, 5.74) is 8.40. The van der Waals surface area contributed by atoms with Crippen LogP contribution in [0.4, 0.5) is 5.82 Å². The second-order valence-corrected chi connectivity index (χ2v) is 9.00. The molecule has 0 atom stereocenters.